The summed E-state index contributed by atoms with van der Waals surface area (Å²) in [6.07, 6.45) is -7.49. The number of hydrogen-bond donors (Lipinski definition) is 3. The van der Waals surface area contributed by atoms with Gasteiger partial charge in [-0.2, -0.15) is 5.10 Å². The van der Waals surface area contributed by atoms with Crippen molar-refractivity contribution in [1.29, 1.82) is 0 Å². The molecule has 0 spiro atoms. The molecule has 3 N–H and O–H groups in total. The lowest BCUT2D eigenvalue weighted by Crippen LogP contribution is -2.38. The summed E-state index contributed by atoms with van der Waals surface area (Å²) in [6.45, 7) is 0.944. The summed E-state index contributed by atoms with van der Waals surface area (Å²) in [6, 6.07) is 2.40. The van der Waals surface area contributed by atoms with Crippen molar-refractivity contribution in [2.24, 2.45) is 0 Å². The van der Waals surface area contributed by atoms with E-state index in [1.54, 1.807) is 0 Å². The molecule has 0 unspecified atom stereocenters. The van der Waals surface area contributed by atoms with Crippen LogP contribution in [0, 0.1) is 0 Å². The number of halogens is 6. The molecule has 16 heteroatoms. The van der Waals surface area contributed by atoms with Crippen LogP contribution in [0.25, 0.3) is 5.65 Å². The second kappa shape index (κ2) is 9.63. The van der Waals surface area contributed by atoms with Crippen molar-refractivity contribution >= 4 is 23.5 Å². The number of carbonyl (C=O) groups is 1. The minimum atomic E-state index is -4.90. The number of H-pyrrole nitrogens is 1. The molecule has 3 aromatic rings. The fourth-order valence-corrected chi connectivity index (χ4v) is 4.29. The summed E-state index contributed by atoms with van der Waals surface area (Å²) in [5.41, 5.74) is -0.840. The number of aromatic amines is 1. The highest BCUT2D eigenvalue weighted by molar-refractivity contribution is 5.69. The molecule has 5 rings (SSSR count). The third-order valence-corrected chi connectivity index (χ3v) is 6.53. The Morgan fingerprint density at radius 1 is 1.26 bits per heavy atom. The van der Waals surface area contributed by atoms with Gasteiger partial charge in [-0.3, -0.25) is 14.2 Å². The first kappa shape index (κ1) is 26.1. The number of imidazole rings is 1. The molecule has 2 aliphatic rings. The maximum absolute atomic E-state index is 15.1. The molecule has 1 amide bonds. The summed E-state index contributed by atoms with van der Waals surface area (Å²) < 4.78 is 89.3. The number of nitrogens with one attached hydrogen (secondary N) is 3. The van der Waals surface area contributed by atoms with Crippen LogP contribution in [0.3, 0.4) is 0 Å². The number of amides is 1. The smallest absolute Gasteiger partial charge is 0.443 e. The average Bonchev–Trinajstić information content (AvgIpc) is 3.19. The van der Waals surface area contributed by atoms with Gasteiger partial charge in [0.1, 0.15) is 23.6 Å². The van der Waals surface area contributed by atoms with E-state index in [0.29, 0.717) is 18.5 Å². The first-order valence-corrected chi connectivity index (χ1v) is 11.7. The molecular weight excluding hydrogens is 524 g/mol. The van der Waals surface area contributed by atoms with Crippen LogP contribution in [0.15, 0.2) is 18.3 Å². The van der Waals surface area contributed by atoms with Crippen LogP contribution < -0.4 is 10.6 Å². The Labute approximate surface area is 211 Å². The molecule has 10 nitrogen and oxygen atoms in total. The van der Waals surface area contributed by atoms with Crippen LogP contribution in [0.2, 0.25) is 0 Å². The average molecular weight is 547 g/mol. The monoisotopic (exact) mass is 547 g/mol. The maximum Gasteiger partial charge on any atom is 0.522 e. The number of nitrogens with zero attached hydrogens (tertiary/aromatic N) is 4. The number of ether oxygens (including phenoxy) is 2. The third kappa shape index (κ3) is 5.79. The fraction of sp³-hybridized carbons (Fsp3) is 0.545. The highest BCUT2D eigenvalue weighted by Gasteiger charge is 2.43. The predicted molar refractivity (Wildman–Crippen MR) is 119 cm³/mol. The van der Waals surface area contributed by atoms with Crippen LogP contribution in [0.4, 0.5) is 42.9 Å². The zero-order chi connectivity index (χ0) is 27.2. The Morgan fingerprint density at radius 2 is 2.03 bits per heavy atom. The van der Waals surface area contributed by atoms with Gasteiger partial charge in [-0.05, 0) is 32.6 Å². The number of fused-ring (bicyclic) bond motifs is 1. The van der Waals surface area contributed by atoms with E-state index in [4.69, 9.17) is 4.74 Å². The van der Waals surface area contributed by atoms with Gasteiger partial charge in [0.25, 0.3) is 6.43 Å². The molecule has 2 saturated carbocycles. The molecule has 0 aromatic carbocycles. The van der Waals surface area contributed by atoms with E-state index in [-0.39, 0.29) is 28.6 Å². The lowest BCUT2D eigenvalue weighted by Gasteiger charge is -2.19. The van der Waals surface area contributed by atoms with Gasteiger partial charge in [-0.25, -0.2) is 27.9 Å². The predicted octanol–water partition coefficient (Wildman–Crippen LogP) is 5.03. The van der Waals surface area contributed by atoms with E-state index >= 15 is 4.39 Å². The summed E-state index contributed by atoms with van der Waals surface area (Å²) in [5.74, 6) is -0.763. The number of rotatable bonds is 8. The minimum Gasteiger partial charge on any atom is -0.443 e. The normalized spacial score (nSPS) is 22.7. The Morgan fingerprint density at radius 3 is 2.71 bits per heavy atom. The van der Waals surface area contributed by atoms with Gasteiger partial charge >= 0.3 is 12.5 Å². The lowest BCUT2D eigenvalue weighted by molar-refractivity contribution is -0.330. The Kier molecular flexibility index (Phi) is 6.61. The second-order valence-electron chi connectivity index (χ2n) is 9.59. The molecule has 0 bridgehead atoms. The van der Waals surface area contributed by atoms with Crippen molar-refractivity contribution in [2.45, 2.75) is 75.7 Å². The fourth-order valence-electron chi connectivity index (χ4n) is 4.29. The molecule has 2 fully saturated rings. The molecule has 0 radical (unpaired) electrons. The van der Waals surface area contributed by atoms with Crippen molar-refractivity contribution in [3.05, 3.63) is 35.4 Å². The number of hydrogen-bond acceptors (Lipinski definition) is 7. The van der Waals surface area contributed by atoms with Gasteiger partial charge in [0.15, 0.2) is 5.82 Å². The van der Waals surface area contributed by atoms with Crippen LogP contribution in [0.5, 0.6) is 0 Å². The summed E-state index contributed by atoms with van der Waals surface area (Å²) in [7, 11) is 0. The molecule has 3 aromatic heterocycles. The van der Waals surface area contributed by atoms with Gasteiger partial charge in [0, 0.05) is 35.5 Å². The number of anilines is 2. The molecular formula is C22H23F6N7O3. The number of alkyl halides is 6. The molecule has 0 aliphatic heterocycles. The first-order valence-electron chi connectivity index (χ1n) is 11.7. The Bertz CT molecular complexity index is 1320. The molecule has 3 atom stereocenters. The largest absolute Gasteiger partial charge is 0.522 e. The van der Waals surface area contributed by atoms with Crippen molar-refractivity contribution in [3.63, 3.8) is 0 Å². The number of aromatic nitrogens is 5. The van der Waals surface area contributed by atoms with E-state index in [9.17, 15) is 26.7 Å². The van der Waals surface area contributed by atoms with Gasteiger partial charge in [-0.1, -0.05) is 0 Å². The Balaban J connectivity index is 1.30. The highest BCUT2D eigenvalue weighted by Crippen LogP contribution is 2.39. The Hall–Kier alpha value is -3.56. The third-order valence-electron chi connectivity index (χ3n) is 6.53. The van der Waals surface area contributed by atoms with E-state index in [1.165, 1.54) is 10.5 Å². The summed E-state index contributed by atoms with van der Waals surface area (Å²) in [5, 5.41) is 12.2. The van der Waals surface area contributed by atoms with Crippen molar-refractivity contribution in [3.8, 4) is 0 Å². The standard InChI is InChI=1S/C22H23F6N7O3/c1-21(4-5-21)32-20(36)38-14-3-2-11(17(14)23)12-6-15(34-33-12)31-19-30-13(18(24)25)7-16-29-10(8-35(16)19)9-37-22(26,27)28/h6-8,11,14,17-18H,2-5,9H2,1H3,(H,32,36)(H2,30,31,33,34)/t11-,14-,17-/m0/s1. The van der Waals surface area contributed by atoms with Gasteiger partial charge in [-0.15, -0.1) is 13.2 Å². The SMILES string of the molecule is CC1(NC(=O)O[C@H]2CC[C@@H](c3cc(Nc4nc(C(F)F)cc5nc(COC(F)(F)F)cn45)n[nH]3)[C@@H]2F)CC1. The molecule has 206 valence electrons. The highest BCUT2D eigenvalue weighted by atomic mass is 19.4. The first-order chi connectivity index (χ1) is 17.9. The maximum atomic E-state index is 15.1. The zero-order valence-electron chi connectivity index (χ0n) is 19.9. The van der Waals surface area contributed by atoms with Gasteiger partial charge in [0.05, 0.1) is 12.3 Å². The van der Waals surface area contributed by atoms with Gasteiger partial charge in [0.2, 0.25) is 5.95 Å². The van der Waals surface area contributed by atoms with Gasteiger partial charge < -0.3 is 15.4 Å². The second-order valence-corrected chi connectivity index (χ2v) is 9.59. The number of alkyl carbamates (subject to hydrolysis) is 1. The van der Waals surface area contributed by atoms with E-state index in [0.717, 1.165) is 25.1 Å². The molecule has 38 heavy (non-hydrogen) atoms. The number of carbonyl (C=O) groups excluding carboxylic acids is 1. The zero-order valence-corrected chi connectivity index (χ0v) is 19.9. The summed E-state index contributed by atoms with van der Waals surface area (Å²) in [4.78, 5) is 19.8. The van der Waals surface area contributed by atoms with Crippen LogP contribution in [-0.2, 0) is 16.1 Å². The van der Waals surface area contributed by atoms with Crippen LogP contribution >= 0.6 is 0 Å². The molecule has 0 saturated heterocycles. The topological polar surface area (TPSA) is 118 Å². The molecule has 3 heterocycles. The lowest BCUT2D eigenvalue weighted by atomic mass is 10.0. The van der Waals surface area contributed by atoms with Crippen molar-refractivity contribution in [1.82, 2.24) is 29.9 Å². The van der Waals surface area contributed by atoms with E-state index in [2.05, 4.69) is 35.5 Å². The van der Waals surface area contributed by atoms with E-state index in [1.807, 2.05) is 6.92 Å². The summed E-state index contributed by atoms with van der Waals surface area (Å²) >= 11 is 0. The minimum absolute atomic E-state index is 0.0905. The molecule has 2 aliphatic carbocycles. The van der Waals surface area contributed by atoms with Crippen LogP contribution in [-0.4, -0.2) is 54.8 Å². The van der Waals surface area contributed by atoms with Crippen molar-refractivity contribution in [2.75, 3.05) is 5.32 Å². The van der Waals surface area contributed by atoms with Crippen LogP contribution in [0.1, 0.15) is 62.0 Å². The van der Waals surface area contributed by atoms with Crippen molar-refractivity contribution < 1.29 is 40.6 Å². The van der Waals surface area contributed by atoms with E-state index < -0.39 is 49.4 Å². The quantitative estimate of drug-likeness (QED) is 0.339.